The summed E-state index contributed by atoms with van der Waals surface area (Å²) in [4.78, 5) is 17.5. The summed E-state index contributed by atoms with van der Waals surface area (Å²) in [6, 6.07) is 8.33. The number of carbonyl (C=O) groups excluding carboxylic acids is 1. The van der Waals surface area contributed by atoms with Crippen LogP contribution in [0.2, 0.25) is 10.0 Å². The molecule has 2 aliphatic rings. The molecule has 33 heavy (non-hydrogen) atoms. The average Bonchev–Trinajstić information content (AvgIpc) is 3.41. The van der Waals surface area contributed by atoms with Gasteiger partial charge in [0.25, 0.3) is 11.5 Å². The molecule has 0 bridgehead atoms. The van der Waals surface area contributed by atoms with Crippen molar-refractivity contribution in [1.82, 2.24) is 5.32 Å². The molecule has 176 valence electrons. The summed E-state index contributed by atoms with van der Waals surface area (Å²) in [5.41, 5.74) is -1.51. The maximum absolute atomic E-state index is 14.2. The first-order valence-electron chi connectivity index (χ1n) is 9.71. The van der Waals surface area contributed by atoms with Crippen molar-refractivity contribution < 1.29 is 31.2 Å². The number of benzene rings is 2. The molecule has 2 heterocycles. The van der Waals surface area contributed by atoms with Crippen LogP contribution in [0.4, 0.5) is 13.2 Å². The molecule has 0 aromatic heterocycles. The quantitative estimate of drug-likeness (QED) is 0.520. The molecule has 2 aromatic carbocycles. The fourth-order valence-corrected chi connectivity index (χ4v) is 4.58. The Labute approximate surface area is 201 Å². The van der Waals surface area contributed by atoms with Gasteiger partial charge in [0.1, 0.15) is 6.10 Å². The molecule has 2 atom stereocenters. The number of nitrogens with one attached hydrogen (secondary N) is 1. The lowest BCUT2D eigenvalue weighted by molar-refractivity contribution is -0.275. The third kappa shape index (κ3) is 4.95. The average molecular weight is 521 g/mol. The maximum Gasteiger partial charge on any atom is 0.435 e. The number of nitrogens with zero attached hydrogens (tertiary/aromatic N) is 1. The number of aryl methyl sites for hydroxylation is 1. The number of halogens is 5. The minimum absolute atomic E-state index is 0.0533. The van der Waals surface area contributed by atoms with E-state index in [0.717, 1.165) is 24.5 Å². The SMILES string of the molecule is Cc1cc(C2=NOC(c3cc(Cl)cc(Cl)c3)(C(F)(F)F)C2)ccc1C(=O)NCC1COSO1. The number of hydrogen-bond donors (Lipinski definition) is 1. The van der Waals surface area contributed by atoms with Crippen molar-refractivity contribution in [2.45, 2.75) is 31.2 Å². The zero-order valence-corrected chi connectivity index (χ0v) is 19.4. The lowest BCUT2D eigenvalue weighted by Crippen LogP contribution is -2.42. The topological polar surface area (TPSA) is 69.2 Å². The van der Waals surface area contributed by atoms with E-state index in [1.165, 1.54) is 18.2 Å². The highest BCUT2D eigenvalue weighted by molar-refractivity contribution is 7.90. The molecular weight excluding hydrogens is 504 g/mol. The van der Waals surface area contributed by atoms with Gasteiger partial charge in [-0.15, -0.1) is 0 Å². The van der Waals surface area contributed by atoms with E-state index in [0.29, 0.717) is 23.3 Å². The van der Waals surface area contributed by atoms with Gasteiger partial charge < -0.3 is 10.2 Å². The molecule has 4 rings (SSSR count). The van der Waals surface area contributed by atoms with E-state index in [4.69, 9.17) is 36.4 Å². The van der Waals surface area contributed by atoms with Gasteiger partial charge in [0.05, 0.1) is 12.3 Å². The van der Waals surface area contributed by atoms with Gasteiger partial charge in [-0.2, -0.15) is 13.2 Å². The van der Waals surface area contributed by atoms with Gasteiger partial charge in [-0.25, -0.2) is 0 Å². The Morgan fingerprint density at radius 3 is 2.58 bits per heavy atom. The minimum atomic E-state index is -4.79. The Morgan fingerprint density at radius 1 is 1.24 bits per heavy atom. The summed E-state index contributed by atoms with van der Waals surface area (Å²) in [5.74, 6) is -0.331. The zero-order chi connectivity index (χ0) is 23.8. The van der Waals surface area contributed by atoms with Crippen molar-refractivity contribution >= 4 is 47.1 Å². The first-order valence-corrected chi connectivity index (χ1v) is 11.1. The Bertz CT molecular complexity index is 1090. The number of carbonyl (C=O) groups is 1. The maximum atomic E-state index is 14.2. The van der Waals surface area contributed by atoms with E-state index in [9.17, 15) is 18.0 Å². The van der Waals surface area contributed by atoms with Gasteiger partial charge in [0.2, 0.25) is 0 Å². The van der Waals surface area contributed by atoms with Crippen LogP contribution in [-0.2, 0) is 18.8 Å². The van der Waals surface area contributed by atoms with E-state index in [2.05, 4.69) is 10.5 Å². The Hall–Kier alpha value is -1.98. The van der Waals surface area contributed by atoms with Crippen LogP contribution in [0.15, 0.2) is 41.6 Å². The standard InChI is InChI=1S/C21H17Cl2F3N2O4S/c1-11-4-12(2-3-17(11)19(29)27-9-16-10-30-33-31-16)18-8-20(32-28-18,21(24,25)26)13-5-14(22)7-15(23)6-13/h2-7,16H,8-10H2,1H3,(H,27,29). The Balaban J connectivity index is 1.55. The molecular formula is C21H17Cl2F3N2O4S. The van der Waals surface area contributed by atoms with Crippen LogP contribution in [0.1, 0.15) is 33.5 Å². The van der Waals surface area contributed by atoms with Crippen LogP contribution >= 0.6 is 35.5 Å². The predicted molar refractivity (Wildman–Crippen MR) is 118 cm³/mol. The Kier molecular flexibility index (Phi) is 6.84. The highest BCUT2D eigenvalue weighted by Gasteiger charge is 2.62. The molecule has 0 radical (unpaired) electrons. The molecule has 2 aromatic rings. The normalized spacial score (nSPS) is 22.7. The molecule has 1 amide bonds. The lowest BCUT2D eigenvalue weighted by atomic mass is 9.86. The summed E-state index contributed by atoms with van der Waals surface area (Å²) >= 11 is 12.7. The number of alkyl halides is 3. The van der Waals surface area contributed by atoms with Crippen molar-refractivity contribution in [3.05, 3.63) is 68.7 Å². The number of hydrogen-bond acceptors (Lipinski definition) is 6. The summed E-state index contributed by atoms with van der Waals surface area (Å²) in [5, 5.41) is 6.60. The van der Waals surface area contributed by atoms with E-state index in [-0.39, 0.29) is 39.9 Å². The minimum Gasteiger partial charge on any atom is -0.374 e. The summed E-state index contributed by atoms with van der Waals surface area (Å²) in [7, 11) is 0. The van der Waals surface area contributed by atoms with Crippen LogP contribution in [-0.4, -0.2) is 37.1 Å². The van der Waals surface area contributed by atoms with Gasteiger partial charge in [0.15, 0.2) is 12.3 Å². The fourth-order valence-electron chi connectivity index (χ4n) is 3.55. The zero-order valence-electron chi connectivity index (χ0n) is 17.0. The van der Waals surface area contributed by atoms with E-state index in [1.54, 1.807) is 13.0 Å². The molecule has 0 spiro atoms. The van der Waals surface area contributed by atoms with Gasteiger partial charge in [0, 0.05) is 34.1 Å². The van der Waals surface area contributed by atoms with E-state index >= 15 is 0 Å². The molecule has 1 N–H and O–H groups in total. The molecule has 1 saturated heterocycles. The second kappa shape index (κ2) is 9.34. The molecule has 0 saturated carbocycles. The lowest BCUT2D eigenvalue weighted by Gasteiger charge is -2.29. The molecule has 6 nitrogen and oxygen atoms in total. The Morgan fingerprint density at radius 2 is 1.97 bits per heavy atom. The van der Waals surface area contributed by atoms with Crippen LogP contribution in [0.5, 0.6) is 0 Å². The first kappa shape index (κ1) is 24.2. The second-order valence-electron chi connectivity index (χ2n) is 7.60. The monoisotopic (exact) mass is 520 g/mol. The summed E-state index contributed by atoms with van der Waals surface area (Å²) < 4.78 is 52.7. The first-order chi connectivity index (χ1) is 15.6. The highest BCUT2D eigenvalue weighted by atomic mass is 35.5. The van der Waals surface area contributed by atoms with Gasteiger partial charge in [-0.1, -0.05) is 34.4 Å². The molecule has 12 heteroatoms. The van der Waals surface area contributed by atoms with E-state index in [1.807, 2.05) is 0 Å². The van der Waals surface area contributed by atoms with Crippen molar-refractivity contribution in [2.75, 3.05) is 13.2 Å². The van der Waals surface area contributed by atoms with Gasteiger partial charge in [-0.05, 0) is 48.4 Å². The largest absolute Gasteiger partial charge is 0.435 e. The smallest absolute Gasteiger partial charge is 0.374 e. The third-order valence-corrected chi connectivity index (χ3v) is 6.31. The number of oxime groups is 1. The molecule has 1 fully saturated rings. The van der Waals surface area contributed by atoms with Gasteiger partial charge >= 0.3 is 6.18 Å². The third-order valence-electron chi connectivity index (χ3n) is 5.29. The number of amides is 1. The van der Waals surface area contributed by atoms with Crippen molar-refractivity contribution in [3.8, 4) is 0 Å². The van der Waals surface area contributed by atoms with Crippen molar-refractivity contribution in [3.63, 3.8) is 0 Å². The highest BCUT2D eigenvalue weighted by Crippen LogP contribution is 2.49. The summed E-state index contributed by atoms with van der Waals surface area (Å²) in [6.07, 6.45) is -5.61. The van der Waals surface area contributed by atoms with Crippen molar-refractivity contribution in [1.29, 1.82) is 0 Å². The number of rotatable bonds is 5. The fraction of sp³-hybridized carbons (Fsp3) is 0.333. The van der Waals surface area contributed by atoms with Crippen molar-refractivity contribution in [2.24, 2.45) is 5.16 Å². The van der Waals surface area contributed by atoms with Crippen LogP contribution < -0.4 is 5.32 Å². The van der Waals surface area contributed by atoms with Gasteiger partial charge in [-0.3, -0.25) is 13.2 Å². The molecule has 0 aliphatic carbocycles. The second-order valence-corrected chi connectivity index (χ2v) is 9.04. The van der Waals surface area contributed by atoms with Crippen LogP contribution in [0, 0.1) is 6.92 Å². The molecule has 2 unspecified atom stereocenters. The summed E-state index contributed by atoms with van der Waals surface area (Å²) in [6.45, 7) is 2.32. The molecule has 2 aliphatic heterocycles. The van der Waals surface area contributed by atoms with E-state index < -0.39 is 18.2 Å². The van der Waals surface area contributed by atoms with Crippen LogP contribution in [0.3, 0.4) is 0 Å². The van der Waals surface area contributed by atoms with Crippen LogP contribution in [0.25, 0.3) is 0 Å². The predicted octanol–water partition coefficient (Wildman–Crippen LogP) is 5.59.